The molecule has 0 radical (unpaired) electrons. The Morgan fingerprint density at radius 2 is 2.00 bits per heavy atom. The Kier molecular flexibility index (Phi) is 7.46. The van der Waals surface area contributed by atoms with Crippen LogP contribution in [-0.2, 0) is 9.53 Å². The number of rotatable bonds is 8. The van der Waals surface area contributed by atoms with Crippen LogP contribution < -0.4 is 10.6 Å². The van der Waals surface area contributed by atoms with Gasteiger partial charge in [0.05, 0.1) is 12.7 Å². The number of ether oxygens (including phenoxy) is 1. The predicted octanol–water partition coefficient (Wildman–Crippen LogP) is 2.44. The first kappa shape index (κ1) is 17.2. The minimum atomic E-state index is -0.415. The number of carbonyl (C=O) groups excluding carboxylic acids is 2. The smallest absolute Gasteiger partial charge is 0.337 e. The summed E-state index contributed by atoms with van der Waals surface area (Å²) in [7, 11) is 1.33. The summed E-state index contributed by atoms with van der Waals surface area (Å²) in [6, 6.07) is 6.71. The van der Waals surface area contributed by atoms with Gasteiger partial charge in [0.15, 0.2) is 0 Å². The Bertz CT molecular complexity index is 472. The number of anilines is 1. The van der Waals surface area contributed by atoms with Crippen LogP contribution in [0.2, 0.25) is 0 Å². The monoisotopic (exact) mass is 292 g/mol. The minimum Gasteiger partial charge on any atom is -0.465 e. The van der Waals surface area contributed by atoms with E-state index in [2.05, 4.69) is 29.2 Å². The average Bonchev–Trinajstić information content (AvgIpc) is 2.46. The number of methoxy groups -OCH3 is 1. The maximum Gasteiger partial charge on any atom is 0.337 e. The van der Waals surface area contributed by atoms with Crippen molar-refractivity contribution in [1.82, 2.24) is 5.32 Å². The molecule has 0 spiro atoms. The third-order valence-electron chi connectivity index (χ3n) is 2.99. The lowest BCUT2D eigenvalue weighted by Crippen LogP contribution is -2.23. The van der Waals surface area contributed by atoms with Crippen molar-refractivity contribution in [3.05, 3.63) is 29.8 Å². The van der Waals surface area contributed by atoms with Gasteiger partial charge in [0.25, 0.3) is 0 Å². The van der Waals surface area contributed by atoms with Crippen LogP contribution in [0.4, 0.5) is 5.69 Å². The van der Waals surface area contributed by atoms with Crippen LogP contribution in [0.3, 0.4) is 0 Å². The lowest BCUT2D eigenvalue weighted by atomic mass is 10.1. The average molecular weight is 292 g/mol. The van der Waals surface area contributed by atoms with Crippen molar-refractivity contribution in [2.24, 2.45) is 5.92 Å². The molecule has 0 bridgehead atoms. The van der Waals surface area contributed by atoms with Gasteiger partial charge in [0.2, 0.25) is 5.91 Å². The third-order valence-corrected chi connectivity index (χ3v) is 2.99. The second-order valence-corrected chi connectivity index (χ2v) is 5.30. The molecule has 21 heavy (non-hydrogen) atoms. The Labute approximate surface area is 126 Å². The lowest BCUT2D eigenvalue weighted by molar-refractivity contribution is -0.116. The summed E-state index contributed by atoms with van der Waals surface area (Å²) in [4.78, 5) is 23.2. The van der Waals surface area contributed by atoms with Gasteiger partial charge in [-0.2, -0.15) is 0 Å². The van der Waals surface area contributed by atoms with E-state index in [4.69, 9.17) is 0 Å². The standard InChI is InChI=1S/C16H24N2O3/c1-12(2)7-9-17-10-8-15(19)18-14-6-4-5-13(11-14)16(20)21-3/h4-6,11-12,17H,7-10H2,1-3H3,(H,18,19). The van der Waals surface area contributed by atoms with Crippen molar-refractivity contribution in [1.29, 1.82) is 0 Å². The molecule has 116 valence electrons. The van der Waals surface area contributed by atoms with E-state index >= 15 is 0 Å². The number of esters is 1. The van der Waals surface area contributed by atoms with E-state index in [1.807, 2.05) is 0 Å². The Morgan fingerprint density at radius 1 is 1.24 bits per heavy atom. The molecule has 0 heterocycles. The fraction of sp³-hybridized carbons (Fsp3) is 0.500. The van der Waals surface area contributed by atoms with Crippen molar-refractivity contribution < 1.29 is 14.3 Å². The molecule has 0 aliphatic heterocycles. The number of hydrogen-bond donors (Lipinski definition) is 2. The van der Waals surface area contributed by atoms with Crippen molar-refractivity contribution in [3.63, 3.8) is 0 Å². The maximum atomic E-state index is 11.8. The maximum absolute atomic E-state index is 11.8. The quantitative estimate of drug-likeness (QED) is 0.570. The molecule has 5 nitrogen and oxygen atoms in total. The first-order chi connectivity index (χ1) is 10.0. The molecule has 0 aromatic heterocycles. The zero-order valence-electron chi connectivity index (χ0n) is 12.9. The van der Waals surface area contributed by atoms with Crippen LogP contribution in [0.5, 0.6) is 0 Å². The molecule has 0 aliphatic rings. The molecular formula is C16H24N2O3. The van der Waals surface area contributed by atoms with E-state index in [-0.39, 0.29) is 5.91 Å². The Morgan fingerprint density at radius 3 is 2.67 bits per heavy atom. The lowest BCUT2D eigenvalue weighted by Gasteiger charge is -2.08. The molecule has 5 heteroatoms. The minimum absolute atomic E-state index is 0.0749. The molecule has 0 saturated carbocycles. The van der Waals surface area contributed by atoms with E-state index in [9.17, 15) is 9.59 Å². The van der Waals surface area contributed by atoms with Gasteiger partial charge < -0.3 is 15.4 Å². The first-order valence-corrected chi connectivity index (χ1v) is 7.22. The fourth-order valence-corrected chi connectivity index (χ4v) is 1.78. The molecule has 0 aliphatic carbocycles. The van der Waals surface area contributed by atoms with E-state index in [0.29, 0.717) is 30.1 Å². The van der Waals surface area contributed by atoms with Crippen LogP contribution >= 0.6 is 0 Å². The van der Waals surface area contributed by atoms with Crippen molar-refractivity contribution in [2.45, 2.75) is 26.7 Å². The van der Waals surface area contributed by atoms with Crippen LogP contribution in [0.25, 0.3) is 0 Å². The van der Waals surface area contributed by atoms with Crippen LogP contribution in [0.15, 0.2) is 24.3 Å². The van der Waals surface area contributed by atoms with Crippen molar-refractivity contribution in [3.8, 4) is 0 Å². The second kappa shape index (κ2) is 9.13. The fourth-order valence-electron chi connectivity index (χ4n) is 1.78. The van der Waals surface area contributed by atoms with E-state index in [0.717, 1.165) is 13.0 Å². The van der Waals surface area contributed by atoms with Crippen molar-refractivity contribution >= 4 is 17.6 Å². The molecular weight excluding hydrogens is 268 g/mol. The van der Waals surface area contributed by atoms with Gasteiger partial charge in [-0.15, -0.1) is 0 Å². The second-order valence-electron chi connectivity index (χ2n) is 5.30. The van der Waals surface area contributed by atoms with Gasteiger partial charge in [0.1, 0.15) is 0 Å². The molecule has 0 saturated heterocycles. The molecule has 0 atom stereocenters. The predicted molar refractivity (Wildman–Crippen MR) is 83.4 cm³/mol. The first-order valence-electron chi connectivity index (χ1n) is 7.22. The van der Waals surface area contributed by atoms with Gasteiger partial charge in [-0.1, -0.05) is 19.9 Å². The van der Waals surface area contributed by atoms with Crippen LogP contribution in [-0.4, -0.2) is 32.1 Å². The summed E-state index contributed by atoms with van der Waals surface area (Å²) < 4.78 is 4.65. The van der Waals surface area contributed by atoms with Crippen molar-refractivity contribution in [2.75, 3.05) is 25.5 Å². The van der Waals surface area contributed by atoms with E-state index in [1.54, 1.807) is 24.3 Å². The van der Waals surface area contributed by atoms with Gasteiger partial charge in [-0.05, 0) is 37.1 Å². The van der Waals surface area contributed by atoms with Crippen LogP contribution in [0.1, 0.15) is 37.0 Å². The molecule has 2 N–H and O–H groups in total. The number of amides is 1. The highest BCUT2D eigenvalue weighted by Gasteiger charge is 2.07. The number of benzene rings is 1. The zero-order valence-corrected chi connectivity index (χ0v) is 12.9. The highest BCUT2D eigenvalue weighted by molar-refractivity contribution is 5.94. The highest BCUT2D eigenvalue weighted by Crippen LogP contribution is 2.11. The molecule has 0 unspecified atom stereocenters. The van der Waals surface area contributed by atoms with E-state index in [1.165, 1.54) is 7.11 Å². The summed E-state index contributed by atoms with van der Waals surface area (Å²) in [5.74, 6) is 0.169. The summed E-state index contributed by atoms with van der Waals surface area (Å²) in [5, 5.41) is 6.01. The molecule has 0 fully saturated rings. The number of carbonyl (C=O) groups is 2. The van der Waals surface area contributed by atoms with Gasteiger partial charge in [0, 0.05) is 18.7 Å². The van der Waals surface area contributed by atoms with E-state index < -0.39 is 5.97 Å². The molecule has 1 aromatic rings. The topological polar surface area (TPSA) is 67.4 Å². The Hall–Kier alpha value is -1.88. The Balaban J connectivity index is 2.36. The highest BCUT2D eigenvalue weighted by atomic mass is 16.5. The third kappa shape index (κ3) is 6.90. The summed E-state index contributed by atoms with van der Waals surface area (Å²) in [6.45, 7) is 5.91. The summed E-state index contributed by atoms with van der Waals surface area (Å²) >= 11 is 0. The SMILES string of the molecule is COC(=O)c1cccc(NC(=O)CCNCCC(C)C)c1. The summed E-state index contributed by atoms with van der Waals surface area (Å²) in [6.07, 6.45) is 1.50. The molecule has 1 rings (SSSR count). The van der Waals surface area contributed by atoms with Gasteiger partial charge in [-0.3, -0.25) is 4.79 Å². The number of nitrogens with one attached hydrogen (secondary N) is 2. The van der Waals surface area contributed by atoms with Crippen LogP contribution in [0, 0.1) is 5.92 Å². The largest absolute Gasteiger partial charge is 0.465 e. The molecule has 1 aromatic carbocycles. The van der Waals surface area contributed by atoms with Gasteiger partial charge >= 0.3 is 5.97 Å². The number of hydrogen-bond acceptors (Lipinski definition) is 4. The zero-order chi connectivity index (χ0) is 15.7. The van der Waals surface area contributed by atoms with Gasteiger partial charge in [-0.25, -0.2) is 4.79 Å². The summed E-state index contributed by atoms with van der Waals surface area (Å²) in [5.41, 5.74) is 1.02. The normalized spacial score (nSPS) is 10.5. The molecule has 1 amide bonds.